The molecule has 0 radical (unpaired) electrons. The summed E-state index contributed by atoms with van der Waals surface area (Å²) in [4.78, 5) is 24.7. The van der Waals surface area contributed by atoms with Crippen LogP contribution in [-0.2, 0) is 4.79 Å². The lowest BCUT2D eigenvalue weighted by Crippen LogP contribution is -2.33. The number of carbonyl (C=O) groups excluding carboxylic acids is 2. The summed E-state index contributed by atoms with van der Waals surface area (Å²) < 4.78 is 0.684. The molecule has 1 aromatic carbocycles. The minimum absolute atomic E-state index is 0.337. The van der Waals surface area contributed by atoms with E-state index >= 15 is 0 Å². The summed E-state index contributed by atoms with van der Waals surface area (Å²) in [5.41, 5.74) is 1.85. The van der Waals surface area contributed by atoms with Gasteiger partial charge in [-0.15, -0.1) is 0 Å². The van der Waals surface area contributed by atoms with Crippen LogP contribution in [0.2, 0.25) is 0 Å². The molecule has 3 nitrogen and oxygen atoms in total. The average Bonchev–Trinajstić information content (AvgIpc) is 2.26. The minimum Gasteiger partial charge on any atom is -0.278 e. The van der Waals surface area contributed by atoms with Gasteiger partial charge in [0.2, 0.25) is 0 Å². The van der Waals surface area contributed by atoms with Gasteiger partial charge in [-0.25, -0.2) is 0 Å². The summed E-state index contributed by atoms with van der Waals surface area (Å²) in [6, 6.07) is 5.37. The lowest BCUT2D eigenvalue weighted by Gasteiger charge is -2.16. The van der Waals surface area contributed by atoms with E-state index in [2.05, 4.69) is 22.5 Å². The van der Waals surface area contributed by atoms with Crippen molar-refractivity contribution in [2.24, 2.45) is 0 Å². The first-order valence-electron chi connectivity index (χ1n) is 5.08. The largest absolute Gasteiger partial charge is 0.278 e. The molecule has 0 unspecified atom stereocenters. The molecule has 1 rings (SSSR count). The molecule has 0 bridgehead atoms. The number of aryl methyl sites for hydroxylation is 1. The smallest absolute Gasteiger partial charge is 0.261 e. The first-order chi connectivity index (χ1) is 7.84. The van der Waals surface area contributed by atoms with Gasteiger partial charge < -0.3 is 0 Å². The molecular formula is C13H14BrNO2. The van der Waals surface area contributed by atoms with E-state index in [1.807, 2.05) is 19.1 Å². The summed E-state index contributed by atoms with van der Waals surface area (Å²) in [6.45, 7) is 7.05. The number of amides is 2. The summed E-state index contributed by atoms with van der Waals surface area (Å²) in [7, 11) is 1.45. The van der Waals surface area contributed by atoms with Crippen LogP contribution in [-0.4, -0.2) is 23.8 Å². The second-order valence-corrected chi connectivity index (χ2v) is 4.79. The lowest BCUT2D eigenvalue weighted by molar-refractivity contribution is -0.123. The highest BCUT2D eigenvalue weighted by molar-refractivity contribution is 9.10. The maximum absolute atomic E-state index is 12.1. The zero-order chi connectivity index (χ0) is 13.2. The molecule has 0 saturated carbocycles. The second kappa shape index (κ2) is 5.27. The van der Waals surface area contributed by atoms with Gasteiger partial charge in [0, 0.05) is 17.1 Å². The first kappa shape index (κ1) is 13.6. The molecule has 0 aliphatic heterocycles. The van der Waals surface area contributed by atoms with E-state index in [0.717, 1.165) is 10.5 Å². The minimum atomic E-state index is -0.373. The highest BCUT2D eigenvalue weighted by atomic mass is 79.9. The average molecular weight is 296 g/mol. The van der Waals surface area contributed by atoms with Crippen LogP contribution in [0, 0.1) is 6.92 Å². The second-order valence-electron chi connectivity index (χ2n) is 3.93. The predicted molar refractivity (Wildman–Crippen MR) is 70.8 cm³/mol. The number of rotatable bonds is 2. The number of hydrogen-bond acceptors (Lipinski definition) is 2. The highest BCUT2D eigenvalue weighted by Crippen LogP contribution is 2.20. The van der Waals surface area contributed by atoms with E-state index in [1.54, 1.807) is 13.0 Å². The number of benzene rings is 1. The summed E-state index contributed by atoms with van der Waals surface area (Å²) in [6.07, 6.45) is 0. The first-order valence-corrected chi connectivity index (χ1v) is 5.88. The van der Waals surface area contributed by atoms with E-state index < -0.39 is 0 Å². The number of imide groups is 1. The lowest BCUT2D eigenvalue weighted by atomic mass is 10.1. The third kappa shape index (κ3) is 3.03. The molecule has 0 saturated heterocycles. The molecular weight excluding hydrogens is 282 g/mol. The predicted octanol–water partition coefficient (Wildman–Crippen LogP) is 2.93. The molecule has 0 atom stereocenters. The van der Waals surface area contributed by atoms with Crippen LogP contribution in [0.3, 0.4) is 0 Å². The van der Waals surface area contributed by atoms with Crippen LogP contribution in [0.1, 0.15) is 22.8 Å². The number of nitrogens with zero attached hydrogens (tertiary/aromatic N) is 1. The van der Waals surface area contributed by atoms with Crippen molar-refractivity contribution in [2.75, 3.05) is 7.05 Å². The van der Waals surface area contributed by atoms with Crippen LogP contribution in [0.4, 0.5) is 0 Å². The molecule has 4 heteroatoms. The fraction of sp³-hybridized carbons (Fsp3) is 0.231. The van der Waals surface area contributed by atoms with Crippen LogP contribution in [0.15, 0.2) is 34.8 Å². The summed E-state index contributed by atoms with van der Waals surface area (Å²) >= 11 is 3.32. The van der Waals surface area contributed by atoms with E-state index in [4.69, 9.17) is 0 Å². The number of hydrogen-bond donors (Lipinski definition) is 0. The Balaban J connectivity index is 3.05. The van der Waals surface area contributed by atoms with Crippen molar-refractivity contribution in [3.63, 3.8) is 0 Å². The van der Waals surface area contributed by atoms with Crippen LogP contribution >= 0.6 is 15.9 Å². The molecule has 0 N–H and O–H groups in total. The van der Waals surface area contributed by atoms with Crippen molar-refractivity contribution >= 4 is 27.7 Å². The van der Waals surface area contributed by atoms with Gasteiger partial charge in [0.1, 0.15) is 0 Å². The van der Waals surface area contributed by atoms with E-state index in [-0.39, 0.29) is 11.8 Å². The Labute approximate surface area is 109 Å². The van der Waals surface area contributed by atoms with Crippen molar-refractivity contribution < 1.29 is 9.59 Å². The summed E-state index contributed by atoms with van der Waals surface area (Å²) in [5, 5.41) is 0. The number of likely N-dealkylation sites (N-methyl/N-ethyl adjacent to an activating group) is 1. The maximum Gasteiger partial charge on any atom is 0.261 e. The van der Waals surface area contributed by atoms with Gasteiger partial charge >= 0.3 is 0 Å². The molecule has 17 heavy (non-hydrogen) atoms. The Kier molecular flexibility index (Phi) is 4.23. The van der Waals surface area contributed by atoms with Gasteiger partial charge in [0.25, 0.3) is 11.8 Å². The van der Waals surface area contributed by atoms with Crippen molar-refractivity contribution in [2.45, 2.75) is 13.8 Å². The monoisotopic (exact) mass is 295 g/mol. The van der Waals surface area contributed by atoms with E-state index in [0.29, 0.717) is 15.6 Å². The Morgan fingerprint density at radius 3 is 2.41 bits per heavy atom. The Hall–Kier alpha value is -1.42. The zero-order valence-electron chi connectivity index (χ0n) is 10.1. The zero-order valence-corrected chi connectivity index (χ0v) is 11.7. The van der Waals surface area contributed by atoms with E-state index in [1.165, 1.54) is 7.05 Å². The van der Waals surface area contributed by atoms with Crippen molar-refractivity contribution in [1.29, 1.82) is 0 Å². The Morgan fingerprint density at radius 1 is 1.35 bits per heavy atom. The molecule has 2 amide bonds. The molecule has 0 heterocycles. The molecule has 0 spiro atoms. The maximum atomic E-state index is 12.1. The van der Waals surface area contributed by atoms with Crippen LogP contribution in [0.25, 0.3) is 0 Å². The molecule has 90 valence electrons. The van der Waals surface area contributed by atoms with Gasteiger partial charge in [0.15, 0.2) is 0 Å². The molecule has 0 aliphatic rings. The van der Waals surface area contributed by atoms with Gasteiger partial charge in [-0.1, -0.05) is 12.6 Å². The van der Waals surface area contributed by atoms with Gasteiger partial charge in [-0.05, 0) is 47.5 Å². The van der Waals surface area contributed by atoms with Gasteiger partial charge in [0.05, 0.1) is 5.56 Å². The Bertz CT molecular complexity index is 494. The summed E-state index contributed by atoms with van der Waals surface area (Å²) in [5.74, 6) is -0.715. The standard InChI is InChI=1S/C13H14BrNO2/c1-8(2)12(16)15(4)13(17)10-6-5-9(3)7-11(10)14/h5-7H,1H2,2-4H3. The third-order valence-corrected chi connectivity index (χ3v) is 2.99. The van der Waals surface area contributed by atoms with Gasteiger partial charge in [-0.3, -0.25) is 14.5 Å². The normalized spacial score (nSPS) is 9.88. The topological polar surface area (TPSA) is 37.4 Å². The fourth-order valence-electron chi connectivity index (χ4n) is 1.35. The van der Waals surface area contributed by atoms with Gasteiger partial charge in [-0.2, -0.15) is 0 Å². The van der Waals surface area contributed by atoms with Crippen LogP contribution in [0.5, 0.6) is 0 Å². The Morgan fingerprint density at radius 2 is 1.94 bits per heavy atom. The number of carbonyl (C=O) groups is 2. The molecule has 1 aromatic rings. The van der Waals surface area contributed by atoms with Crippen molar-refractivity contribution in [1.82, 2.24) is 4.90 Å². The number of halogens is 1. The molecule has 0 aromatic heterocycles. The van der Waals surface area contributed by atoms with E-state index in [9.17, 15) is 9.59 Å². The SMILES string of the molecule is C=C(C)C(=O)N(C)C(=O)c1ccc(C)cc1Br. The van der Waals surface area contributed by atoms with Crippen molar-refractivity contribution in [3.05, 3.63) is 46.0 Å². The molecule has 0 aliphatic carbocycles. The highest BCUT2D eigenvalue weighted by Gasteiger charge is 2.20. The molecule has 0 fully saturated rings. The fourth-order valence-corrected chi connectivity index (χ4v) is 2.02. The quantitative estimate of drug-likeness (QED) is 0.787. The third-order valence-electron chi connectivity index (χ3n) is 2.33. The van der Waals surface area contributed by atoms with Crippen LogP contribution < -0.4 is 0 Å². The van der Waals surface area contributed by atoms with Crippen molar-refractivity contribution in [3.8, 4) is 0 Å².